The lowest BCUT2D eigenvalue weighted by atomic mass is 10.3. The van der Waals surface area contributed by atoms with Crippen LogP contribution in [-0.4, -0.2) is 19.9 Å². The van der Waals surface area contributed by atoms with Gasteiger partial charge in [0.15, 0.2) is 0 Å². The number of non-ortho nitro benzene ring substituents is 1. The fourth-order valence-electron chi connectivity index (χ4n) is 1.03. The van der Waals surface area contributed by atoms with Gasteiger partial charge in [-0.05, 0) is 12.1 Å². The van der Waals surface area contributed by atoms with Crippen LogP contribution in [0.25, 0.3) is 0 Å². The molecule has 0 heterocycles. The van der Waals surface area contributed by atoms with Gasteiger partial charge < -0.3 is 0 Å². The summed E-state index contributed by atoms with van der Waals surface area (Å²) in [5, 5.41) is 10.4. The molecule has 0 aromatic heterocycles. The molecule has 1 rings (SSSR count). The molecule has 0 bridgehead atoms. The topological polar surface area (TPSA) is 101 Å². The number of hydrogen-bond acceptors (Lipinski definition) is 4. The Hall–Kier alpha value is -1.67. The average molecular weight is 245 g/mol. The Morgan fingerprint density at radius 2 is 1.88 bits per heavy atom. The van der Waals surface area contributed by atoms with E-state index in [-0.39, 0.29) is 17.9 Å². The molecule has 0 amide bonds. The van der Waals surface area contributed by atoms with Gasteiger partial charge in [-0.2, -0.15) is 13.1 Å². The third kappa shape index (κ3) is 3.48. The molecule has 1 aromatic rings. The van der Waals surface area contributed by atoms with E-state index in [1.165, 1.54) is 24.3 Å². The third-order valence-electron chi connectivity index (χ3n) is 1.66. The zero-order valence-electron chi connectivity index (χ0n) is 8.50. The van der Waals surface area contributed by atoms with Gasteiger partial charge in [-0.25, -0.2) is 0 Å². The number of rotatable bonds is 5. The SMILES string of the molecule is CCNS(=O)(=O)Nc1ccc([N+](=O)[O-])cc1. The second kappa shape index (κ2) is 4.90. The van der Waals surface area contributed by atoms with E-state index < -0.39 is 15.1 Å². The standard InChI is InChI=1S/C8H11N3O4S/c1-2-9-16(14,15)10-7-3-5-8(6-4-7)11(12)13/h3-6,9-10H,2H2,1H3. The van der Waals surface area contributed by atoms with Gasteiger partial charge in [0.05, 0.1) is 10.6 Å². The minimum Gasteiger partial charge on any atom is -0.271 e. The van der Waals surface area contributed by atoms with Crippen molar-refractivity contribution < 1.29 is 13.3 Å². The van der Waals surface area contributed by atoms with Gasteiger partial charge in [0.25, 0.3) is 15.9 Å². The average Bonchev–Trinajstić information content (AvgIpc) is 2.17. The van der Waals surface area contributed by atoms with Crippen molar-refractivity contribution in [2.24, 2.45) is 0 Å². The third-order valence-corrected chi connectivity index (χ3v) is 2.84. The molecule has 0 radical (unpaired) electrons. The van der Waals surface area contributed by atoms with Crippen molar-refractivity contribution in [3.63, 3.8) is 0 Å². The van der Waals surface area contributed by atoms with Crippen molar-refractivity contribution in [2.45, 2.75) is 6.92 Å². The predicted molar refractivity (Wildman–Crippen MR) is 59.3 cm³/mol. The van der Waals surface area contributed by atoms with Crippen LogP contribution in [0.15, 0.2) is 24.3 Å². The molecule has 0 spiro atoms. The Morgan fingerprint density at radius 1 is 1.31 bits per heavy atom. The Morgan fingerprint density at radius 3 is 2.31 bits per heavy atom. The van der Waals surface area contributed by atoms with E-state index >= 15 is 0 Å². The first-order valence-electron chi connectivity index (χ1n) is 4.46. The molecule has 0 aliphatic rings. The first-order chi connectivity index (χ1) is 7.44. The minimum atomic E-state index is -3.59. The Kier molecular flexibility index (Phi) is 3.80. The number of nitrogens with zero attached hydrogens (tertiary/aromatic N) is 1. The maximum absolute atomic E-state index is 11.3. The van der Waals surface area contributed by atoms with Crippen molar-refractivity contribution in [3.8, 4) is 0 Å². The quantitative estimate of drug-likeness (QED) is 0.593. The highest BCUT2D eigenvalue weighted by Crippen LogP contribution is 2.15. The van der Waals surface area contributed by atoms with E-state index in [2.05, 4.69) is 9.44 Å². The summed E-state index contributed by atoms with van der Waals surface area (Å²) in [5.74, 6) is 0. The first-order valence-corrected chi connectivity index (χ1v) is 5.95. The molecule has 0 saturated heterocycles. The molecule has 0 aliphatic carbocycles. The monoisotopic (exact) mass is 245 g/mol. The van der Waals surface area contributed by atoms with Crippen LogP contribution in [0.5, 0.6) is 0 Å². The fraction of sp³-hybridized carbons (Fsp3) is 0.250. The van der Waals surface area contributed by atoms with E-state index in [4.69, 9.17) is 0 Å². The number of anilines is 1. The molecular formula is C8H11N3O4S. The van der Waals surface area contributed by atoms with Crippen LogP contribution in [-0.2, 0) is 10.2 Å². The van der Waals surface area contributed by atoms with Gasteiger partial charge in [0.2, 0.25) is 0 Å². The van der Waals surface area contributed by atoms with Gasteiger partial charge in [-0.1, -0.05) is 6.92 Å². The minimum absolute atomic E-state index is 0.0913. The number of benzene rings is 1. The van der Waals surface area contributed by atoms with Crippen LogP contribution in [0.1, 0.15) is 6.92 Å². The van der Waals surface area contributed by atoms with Crippen molar-refractivity contribution in [1.82, 2.24) is 4.72 Å². The van der Waals surface area contributed by atoms with Crippen LogP contribution in [0.4, 0.5) is 11.4 Å². The van der Waals surface area contributed by atoms with E-state index in [9.17, 15) is 18.5 Å². The van der Waals surface area contributed by atoms with Crippen LogP contribution in [0.2, 0.25) is 0 Å². The summed E-state index contributed by atoms with van der Waals surface area (Å²) in [7, 11) is -3.59. The van der Waals surface area contributed by atoms with Gasteiger partial charge in [0, 0.05) is 18.7 Å². The van der Waals surface area contributed by atoms with Crippen LogP contribution < -0.4 is 9.44 Å². The zero-order valence-corrected chi connectivity index (χ0v) is 9.32. The maximum Gasteiger partial charge on any atom is 0.299 e. The van der Waals surface area contributed by atoms with Gasteiger partial charge in [-0.15, -0.1) is 0 Å². The largest absolute Gasteiger partial charge is 0.299 e. The summed E-state index contributed by atoms with van der Waals surface area (Å²) in [5.41, 5.74) is 0.179. The van der Waals surface area contributed by atoms with E-state index in [0.29, 0.717) is 0 Å². The van der Waals surface area contributed by atoms with Gasteiger partial charge in [-0.3, -0.25) is 14.8 Å². The summed E-state index contributed by atoms with van der Waals surface area (Å²) in [6.45, 7) is 1.91. The second-order valence-electron chi connectivity index (χ2n) is 2.91. The Labute approximate surface area is 92.8 Å². The number of nitro groups is 1. The van der Waals surface area contributed by atoms with Gasteiger partial charge in [0.1, 0.15) is 0 Å². The van der Waals surface area contributed by atoms with E-state index in [0.717, 1.165) is 0 Å². The molecule has 88 valence electrons. The number of nitrogens with one attached hydrogen (secondary N) is 2. The highest BCUT2D eigenvalue weighted by molar-refractivity contribution is 7.90. The number of nitro benzene ring substituents is 1. The molecule has 0 unspecified atom stereocenters. The summed E-state index contributed by atoms with van der Waals surface area (Å²) < 4.78 is 27.0. The van der Waals surface area contributed by atoms with Crippen molar-refractivity contribution in [3.05, 3.63) is 34.4 Å². The van der Waals surface area contributed by atoms with Crippen molar-refractivity contribution in [1.29, 1.82) is 0 Å². The maximum atomic E-state index is 11.3. The molecule has 0 atom stereocenters. The van der Waals surface area contributed by atoms with E-state index in [1.807, 2.05) is 0 Å². The highest BCUT2D eigenvalue weighted by Gasteiger charge is 2.09. The van der Waals surface area contributed by atoms with E-state index in [1.54, 1.807) is 6.92 Å². The molecule has 7 nitrogen and oxygen atoms in total. The van der Waals surface area contributed by atoms with Crippen LogP contribution >= 0.6 is 0 Å². The van der Waals surface area contributed by atoms with Crippen molar-refractivity contribution in [2.75, 3.05) is 11.3 Å². The lowest BCUT2D eigenvalue weighted by Gasteiger charge is -2.06. The molecule has 2 N–H and O–H groups in total. The molecule has 0 aliphatic heterocycles. The van der Waals surface area contributed by atoms with Crippen molar-refractivity contribution >= 4 is 21.6 Å². The van der Waals surface area contributed by atoms with Gasteiger partial charge >= 0.3 is 0 Å². The normalized spacial score (nSPS) is 11.1. The molecule has 1 aromatic carbocycles. The molecule has 0 fully saturated rings. The summed E-state index contributed by atoms with van der Waals surface area (Å²) >= 11 is 0. The second-order valence-corrected chi connectivity index (χ2v) is 4.41. The smallest absolute Gasteiger partial charge is 0.271 e. The Balaban J connectivity index is 2.80. The Bertz CT molecular complexity index is 469. The summed E-state index contributed by atoms with van der Waals surface area (Å²) in [4.78, 5) is 9.80. The molecule has 0 saturated carbocycles. The summed E-state index contributed by atoms with van der Waals surface area (Å²) in [6, 6.07) is 5.10. The lowest BCUT2D eigenvalue weighted by Crippen LogP contribution is -2.29. The fourth-order valence-corrected chi connectivity index (χ4v) is 1.93. The molecular weight excluding hydrogens is 234 g/mol. The lowest BCUT2D eigenvalue weighted by molar-refractivity contribution is -0.384. The first kappa shape index (κ1) is 12.4. The van der Waals surface area contributed by atoms with Crippen LogP contribution in [0.3, 0.4) is 0 Å². The molecule has 8 heteroatoms. The predicted octanol–water partition coefficient (Wildman–Crippen LogP) is 0.861. The van der Waals surface area contributed by atoms with Crippen LogP contribution in [0, 0.1) is 10.1 Å². The number of hydrogen-bond donors (Lipinski definition) is 2. The summed E-state index contributed by atoms with van der Waals surface area (Å²) in [6.07, 6.45) is 0. The zero-order chi connectivity index (χ0) is 12.2. The molecule has 16 heavy (non-hydrogen) atoms. The highest BCUT2D eigenvalue weighted by atomic mass is 32.2.